The lowest BCUT2D eigenvalue weighted by Crippen LogP contribution is -2.53. The van der Waals surface area contributed by atoms with Crippen molar-refractivity contribution in [3.8, 4) is 0 Å². The van der Waals surface area contributed by atoms with Gasteiger partial charge in [0.1, 0.15) is 0 Å². The third-order valence-electron chi connectivity index (χ3n) is 3.57. The van der Waals surface area contributed by atoms with Crippen molar-refractivity contribution in [2.24, 2.45) is 0 Å². The molecule has 6 heteroatoms. The molecule has 0 spiro atoms. The third kappa shape index (κ3) is 4.18. The smallest absolute Gasteiger partial charge is 0.240 e. The monoisotopic (exact) mass is 366 g/mol. The highest BCUT2D eigenvalue weighted by Crippen LogP contribution is 2.24. The van der Waals surface area contributed by atoms with E-state index in [1.54, 1.807) is 11.3 Å². The Hall–Kier alpha value is -0.100. The highest BCUT2D eigenvalue weighted by Gasteiger charge is 2.38. The molecule has 1 aromatic heterocycles. The average Bonchev–Trinajstić information content (AvgIpc) is 2.99. The summed E-state index contributed by atoms with van der Waals surface area (Å²) in [6, 6.07) is 4.15. The zero-order chi connectivity index (χ0) is 13.0. The fraction of sp³-hybridized carbons (Fsp3) is 0.615. The molecule has 2 heterocycles. The molecule has 2 N–H and O–H groups in total. The summed E-state index contributed by atoms with van der Waals surface area (Å²) in [5.74, 6) is 0.165. The zero-order valence-corrected chi connectivity index (χ0v) is 14.2. The quantitative estimate of drug-likeness (QED) is 0.839. The molecule has 1 aliphatic rings. The fourth-order valence-electron chi connectivity index (χ4n) is 2.42. The second kappa shape index (κ2) is 7.62. The van der Waals surface area contributed by atoms with Crippen molar-refractivity contribution in [1.29, 1.82) is 0 Å². The number of carbonyl (C=O) groups is 1. The Morgan fingerprint density at radius 3 is 2.89 bits per heavy atom. The summed E-state index contributed by atoms with van der Waals surface area (Å²) in [4.78, 5) is 13.5. The van der Waals surface area contributed by atoms with Crippen LogP contribution < -0.4 is 10.6 Å². The Balaban J connectivity index is 0.00000180. The molecule has 2 rings (SSSR count). The molecule has 1 unspecified atom stereocenters. The molecule has 1 aliphatic heterocycles. The molecule has 1 aromatic rings. The highest BCUT2D eigenvalue weighted by molar-refractivity contribution is 9.11. The van der Waals surface area contributed by atoms with Gasteiger partial charge in [-0.2, -0.15) is 0 Å². The Morgan fingerprint density at radius 1 is 1.58 bits per heavy atom. The number of rotatable bonds is 5. The van der Waals surface area contributed by atoms with Crippen LogP contribution in [0.3, 0.4) is 0 Å². The molecule has 3 nitrogen and oxygen atoms in total. The van der Waals surface area contributed by atoms with Crippen molar-refractivity contribution in [2.75, 3.05) is 13.1 Å². The summed E-state index contributed by atoms with van der Waals surface area (Å²) in [5, 5.41) is 6.42. The van der Waals surface area contributed by atoms with Gasteiger partial charge in [0.15, 0.2) is 0 Å². The molecule has 0 aromatic carbocycles. The van der Waals surface area contributed by atoms with Crippen molar-refractivity contribution in [3.63, 3.8) is 0 Å². The van der Waals surface area contributed by atoms with Gasteiger partial charge in [0.2, 0.25) is 5.91 Å². The van der Waals surface area contributed by atoms with E-state index in [9.17, 15) is 4.79 Å². The number of amides is 1. The summed E-state index contributed by atoms with van der Waals surface area (Å²) in [5.41, 5.74) is -0.309. The fourth-order valence-corrected chi connectivity index (χ4v) is 3.90. The van der Waals surface area contributed by atoms with Crippen molar-refractivity contribution in [3.05, 3.63) is 20.8 Å². The van der Waals surface area contributed by atoms with Gasteiger partial charge in [-0.1, -0.05) is 6.92 Å². The number of hydrogen-bond donors (Lipinski definition) is 2. The predicted octanol–water partition coefficient (Wildman–Crippen LogP) is 3.12. The largest absolute Gasteiger partial charge is 0.354 e. The van der Waals surface area contributed by atoms with E-state index in [1.165, 1.54) is 4.88 Å². The van der Waals surface area contributed by atoms with E-state index in [1.807, 2.05) is 6.07 Å². The third-order valence-corrected chi connectivity index (χ3v) is 5.25. The summed E-state index contributed by atoms with van der Waals surface area (Å²) in [6.07, 6.45) is 3.82. The minimum atomic E-state index is -0.309. The molecule has 108 valence electrons. The van der Waals surface area contributed by atoms with E-state index >= 15 is 0 Å². The summed E-state index contributed by atoms with van der Waals surface area (Å²) >= 11 is 5.17. The van der Waals surface area contributed by atoms with Gasteiger partial charge < -0.3 is 10.6 Å². The maximum absolute atomic E-state index is 12.2. The molecular weight excluding hydrogens is 348 g/mol. The van der Waals surface area contributed by atoms with Crippen LogP contribution in [0.25, 0.3) is 0 Å². The van der Waals surface area contributed by atoms with Gasteiger partial charge in [-0.15, -0.1) is 23.7 Å². The minimum absolute atomic E-state index is 0. The Morgan fingerprint density at radius 2 is 2.37 bits per heavy atom. The number of thiophene rings is 1. The number of halogens is 2. The number of nitrogens with one attached hydrogen (secondary N) is 2. The average molecular weight is 368 g/mol. The van der Waals surface area contributed by atoms with Crippen LogP contribution in [0.15, 0.2) is 15.9 Å². The van der Waals surface area contributed by atoms with Gasteiger partial charge in [-0.05, 0) is 60.3 Å². The highest BCUT2D eigenvalue weighted by atomic mass is 79.9. The molecule has 1 fully saturated rings. The molecule has 0 aliphatic carbocycles. The van der Waals surface area contributed by atoms with Crippen molar-refractivity contribution in [2.45, 2.75) is 38.1 Å². The zero-order valence-electron chi connectivity index (χ0n) is 11.0. The number of hydrogen-bond acceptors (Lipinski definition) is 3. The topological polar surface area (TPSA) is 41.1 Å². The molecule has 0 radical (unpaired) electrons. The van der Waals surface area contributed by atoms with E-state index in [4.69, 9.17) is 0 Å². The first-order valence-corrected chi connectivity index (χ1v) is 8.05. The summed E-state index contributed by atoms with van der Waals surface area (Å²) in [7, 11) is 0. The van der Waals surface area contributed by atoms with Crippen LogP contribution in [-0.2, 0) is 11.2 Å². The molecule has 1 atom stereocenters. The molecule has 1 amide bonds. The lowest BCUT2D eigenvalue weighted by atomic mass is 9.93. The van der Waals surface area contributed by atoms with E-state index in [0.717, 1.165) is 42.6 Å². The van der Waals surface area contributed by atoms with E-state index in [-0.39, 0.29) is 23.9 Å². The first-order chi connectivity index (χ1) is 8.66. The van der Waals surface area contributed by atoms with Crippen LogP contribution in [0.5, 0.6) is 0 Å². The second-order valence-electron chi connectivity index (χ2n) is 4.68. The van der Waals surface area contributed by atoms with E-state index in [0.29, 0.717) is 0 Å². The van der Waals surface area contributed by atoms with Gasteiger partial charge in [-0.25, -0.2) is 0 Å². The predicted molar refractivity (Wildman–Crippen MR) is 86.2 cm³/mol. The second-order valence-corrected chi connectivity index (χ2v) is 7.23. The minimum Gasteiger partial charge on any atom is -0.354 e. The van der Waals surface area contributed by atoms with E-state index < -0.39 is 0 Å². The normalized spacial score (nSPS) is 22.0. The van der Waals surface area contributed by atoms with Gasteiger partial charge in [0.05, 0.1) is 9.33 Å². The van der Waals surface area contributed by atoms with Gasteiger partial charge in [-0.3, -0.25) is 4.79 Å². The van der Waals surface area contributed by atoms with Crippen LogP contribution in [0.4, 0.5) is 0 Å². The number of carbonyl (C=O) groups excluding carboxylic acids is 1. The van der Waals surface area contributed by atoms with Gasteiger partial charge in [0, 0.05) is 11.4 Å². The van der Waals surface area contributed by atoms with Gasteiger partial charge >= 0.3 is 0 Å². The maximum atomic E-state index is 12.2. The SMILES string of the molecule is CCC1(C(=O)NCCc2ccc(Br)s2)CCCN1.Cl. The maximum Gasteiger partial charge on any atom is 0.240 e. The first kappa shape index (κ1) is 17.0. The van der Waals surface area contributed by atoms with Crippen LogP contribution in [-0.4, -0.2) is 24.5 Å². The Bertz CT molecular complexity index is 419. The van der Waals surface area contributed by atoms with Crippen LogP contribution in [0.1, 0.15) is 31.1 Å². The molecule has 0 bridgehead atoms. The van der Waals surface area contributed by atoms with E-state index in [2.05, 4.69) is 39.6 Å². The van der Waals surface area contributed by atoms with Crippen LogP contribution in [0.2, 0.25) is 0 Å². The molecule has 1 saturated heterocycles. The van der Waals surface area contributed by atoms with Crippen molar-refractivity contribution in [1.82, 2.24) is 10.6 Å². The Kier molecular flexibility index (Phi) is 6.80. The lowest BCUT2D eigenvalue weighted by Gasteiger charge is -2.26. The summed E-state index contributed by atoms with van der Waals surface area (Å²) in [6.45, 7) is 3.75. The van der Waals surface area contributed by atoms with Crippen molar-refractivity contribution < 1.29 is 4.79 Å². The van der Waals surface area contributed by atoms with Crippen molar-refractivity contribution >= 4 is 45.6 Å². The standard InChI is InChI=1S/C13H19BrN2OS.ClH/c1-2-13(7-3-8-16-13)12(17)15-9-6-10-4-5-11(14)18-10;/h4-5,16H,2-3,6-9H2,1H3,(H,15,17);1H. The van der Waals surface area contributed by atoms with Crippen LogP contribution >= 0.6 is 39.7 Å². The van der Waals surface area contributed by atoms with Gasteiger partial charge in [0.25, 0.3) is 0 Å². The summed E-state index contributed by atoms with van der Waals surface area (Å²) < 4.78 is 1.14. The molecule has 19 heavy (non-hydrogen) atoms. The first-order valence-electron chi connectivity index (χ1n) is 6.44. The Labute approximate surface area is 133 Å². The molecular formula is C13H20BrClN2OS. The lowest BCUT2D eigenvalue weighted by molar-refractivity contribution is -0.127. The van der Waals surface area contributed by atoms with Crippen LogP contribution in [0, 0.1) is 0 Å². The molecule has 0 saturated carbocycles.